The van der Waals surface area contributed by atoms with Gasteiger partial charge in [-0.25, -0.2) is 8.42 Å². The van der Waals surface area contributed by atoms with E-state index in [1.165, 1.54) is 11.3 Å². The van der Waals surface area contributed by atoms with Gasteiger partial charge in [0.05, 0.1) is 11.5 Å². The van der Waals surface area contributed by atoms with Crippen molar-refractivity contribution in [1.82, 2.24) is 4.31 Å². The summed E-state index contributed by atoms with van der Waals surface area (Å²) in [5, 5.41) is 10.6. The van der Waals surface area contributed by atoms with Crippen LogP contribution in [0.15, 0.2) is 16.3 Å². The minimum Gasteiger partial charge on any atom is -0.391 e. The van der Waals surface area contributed by atoms with Crippen molar-refractivity contribution in [3.8, 4) is 0 Å². The molecule has 102 valence electrons. The fourth-order valence-electron chi connectivity index (χ4n) is 2.30. The Morgan fingerprint density at radius 2 is 2.22 bits per heavy atom. The Kier molecular flexibility index (Phi) is 3.82. The molecule has 1 aliphatic rings. The lowest BCUT2D eigenvalue weighted by Gasteiger charge is -2.36. The molecule has 0 unspecified atom stereocenters. The van der Waals surface area contributed by atoms with E-state index < -0.39 is 10.0 Å². The zero-order valence-electron chi connectivity index (χ0n) is 10.7. The van der Waals surface area contributed by atoms with Crippen LogP contribution in [-0.2, 0) is 16.6 Å². The van der Waals surface area contributed by atoms with Crippen molar-refractivity contribution in [3.63, 3.8) is 0 Å². The number of aliphatic hydroxyl groups excluding tert-OH is 1. The van der Waals surface area contributed by atoms with Gasteiger partial charge in [-0.05, 0) is 24.3 Å². The van der Waals surface area contributed by atoms with Crippen LogP contribution in [0.4, 0.5) is 0 Å². The van der Waals surface area contributed by atoms with Crippen LogP contribution in [0.25, 0.3) is 0 Å². The summed E-state index contributed by atoms with van der Waals surface area (Å²) in [5.41, 5.74) is 0.0428. The van der Waals surface area contributed by atoms with Crippen LogP contribution in [0.3, 0.4) is 0 Å². The highest BCUT2D eigenvalue weighted by molar-refractivity contribution is 7.89. The third kappa shape index (κ3) is 2.77. The van der Waals surface area contributed by atoms with E-state index in [0.29, 0.717) is 22.9 Å². The van der Waals surface area contributed by atoms with Crippen LogP contribution in [0, 0.1) is 5.41 Å². The molecule has 1 aliphatic heterocycles. The Bertz CT molecular complexity index is 519. The second-order valence-corrected chi connectivity index (χ2v) is 8.45. The van der Waals surface area contributed by atoms with E-state index in [9.17, 15) is 8.42 Å². The van der Waals surface area contributed by atoms with E-state index >= 15 is 0 Å². The van der Waals surface area contributed by atoms with Crippen molar-refractivity contribution in [3.05, 3.63) is 16.3 Å². The molecule has 18 heavy (non-hydrogen) atoms. The first-order valence-electron chi connectivity index (χ1n) is 6.04. The maximum absolute atomic E-state index is 12.5. The van der Waals surface area contributed by atoms with Gasteiger partial charge in [0.25, 0.3) is 0 Å². The molecule has 2 heterocycles. The van der Waals surface area contributed by atoms with Crippen LogP contribution < -0.4 is 0 Å². The molecule has 0 aliphatic carbocycles. The van der Waals surface area contributed by atoms with Crippen LogP contribution in [-0.4, -0.2) is 30.9 Å². The quantitative estimate of drug-likeness (QED) is 0.926. The van der Waals surface area contributed by atoms with Crippen molar-refractivity contribution < 1.29 is 13.5 Å². The Morgan fingerprint density at radius 1 is 1.50 bits per heavy atom. The van der Waals surface area contributed by atoms with Gasteiger partial charge in [0.15, 0.2) is 0 Å². The summed E-state index contributed by atoms with van der Waals surface area (Å²) in [6.07, 6.45) is 1.97. The molecule has 1 fully saturated rings. The molecular formula is C12H19NO3S2. The molecule has 0 saturated carbocycles. The monoisotopic (exact) mass is 289 g/mol. The predicted molar refractivity (Wildman–Crippen MR) is 72.0 cm³/mol. The number of nitrogens with zero attached hydrogens (tertiary/aromatic N) is 1. The zero-order chi connectivity index (χ0) is 13.4. The molecule has 6 heteroatoms. The first-order valence-corrected chi connectivity index (χ1v) is 8.35. The number of piperidine rings is 1. The second-order valence-electron chi connectivity index (χ2n) is 5.51. The number of thiophene rings is 1. The lowest BCUT2D eigenvalue weighted by Crippen LogP contribution is -2.43. The Labute approximate surface area is 112 Å². The average Bonchev–Trinajstić information content (AvgIpc) is 2.76. The maximum Gasteiger partial charge on any atom is 0.243 e. The summed E-state index contributed by atoms with van der Waals surface area (Å²) in [6, 6.07) is 1.57. The molecule has 0 atom stereocenters. The van der Waals surface area contributed by atoms with Crippen molar-refractivity contribution in [2.45, 2.75) is 38.2 Å². The van der Waals surface area contributed by atoms with Crippen LogP contribution in [0.1, 0.15) is 31.6 Å². The normalized spacial score (nSPS) is 21.1. The van der Waals surface area contributed by atoms with Crippen LogP contribution in [0.2, 0.25) is 0 Å². The lowest BCUT2D eigenvalue weighted by molar-refractivity contribution is 0.187. The van der Waals surface area contributed by atoms with E-state index in [4.69, 9.17) is 5.11 Å². The van der Waals surface area contributed by atoms with Gasteiger partial charge in [-0.15, -0.1) is 11.3 Å². The minimum atomic E-state index is -3.39. The topological polar surface area (TPSA) is 57.6 Å². The van der Waals surface area contributed by atoms with E-state index in [0.717, 1.165) is 12.8 Å². The molecule has 2 rings (SSSR count). The minimum absolute atomic E-state index is 0.0428. The van der Waals surface area contributed by atoms with Gasteiger partial charge in [0.2, 0.25) is 10.0 Å². The summed E-state index contributed by atoms with van der Waals surface area (Å²) in [4.78, 5) is 0.999. The van der Waals surface area contributed by atoms with Crippen molar-refractivity contribution >= 4 is 21.4 Å². The van der Waals surface area contributed by atoms with Gasteiger partial charge < -0.3 is 5.11 Å². The van der Waals surface area contributed by atoms with Crippen LogP contribution >= 0.6 is 11.3 Å². The lowest BCUT2D eigenvalue weighted by atomic mass is 9.85. The van der Waals surface area contributed by atoms with Gasteiger partial charge in [-0.2, -0.15) is 4.31 Å². The largest absolute Gasteiger partial charge is 0.391 e. The van der Waals surface area contributed by atoms with E-state index in [1.807, 2.05) is 0 Å². The maximum atomic E-state index is 12.5. The fourth-order valence-corrected chi connectivity index (χ4v) is 5.09. The number of hydrogen-bond donors (Lipinski definition) is 1. The van der Waals surface area contributed by atoms with Crippen molar-refractivity contribution in [2.24, 2.45) is 5.41 Å². The second kappa shape index (κ2) is 4.92. The van der Waals surface area contributed by atoms with E-state index in [-0.39, 0.29) is 12.0 Å². The molecule has 1 aromatic heterocycles. The van der Waals surface area contributed by atoms with Gasteiger partial charge in [0, 0.05) is 23.3 Å². The Morgan fingerprint density at radius 3 is 2.78 bits per heavy atom. The number of sulfonamides is 1. The molecule has 0 bridgehead atoms. The number of aliphatic hydroxyl groups is 1. The first-order chi connectivity index (χ1) is 8.35. The summed E-state index contributed by atoms with van der Waals surface area (Å²) < 4.78 is 26.5. The Balaban J connectivity index is 2.25. The van der Waals surface area contributed by atoms with Crippen LogP contribution in [0.5, 0.6) is 0 Å². The molecular weight excluding hydrogens is 270 g/mol. The molecule has 1 aromatic rings. The highest BCUT2D eigenvalue weighted by Crippen LogP contribution is 2.32. The summed E-state index contributed by atoms with van der Waals surface area (Å²) >= 11 is 1.28. The number of rotatable bonds is 3. The third-order valence-corrected chi connectivity index (χ3v) is 6.18. The molecule has 0 amide bonds. The fraction of sp³-hybridized carbons (Fsp3) is 0.667. The number of hydrogen-bond acceptors (Lipinski definition) is 4. The highest BCUT2D eigenvalue weighted by atomic mass is 32.2. The molecule has 0 spiro atoms. The summed E-state index contributed by atoms with van der Waals surface area (Å²) in [7, 11) is -3.39. The van der Waals surface area contributed by atoms with Gasteiger partial charge in [-0.3, -0.25) is 0 Å². The van der Waals surface area contributed by atoms with Gasteiger partial charge in [-0.1, -0.05) is 13.8 Å². The van der Waals surface area contributed by atoms with Gasteiger partial charge >= 0.3 is 0 Å². The van der Waals surface area contributed by atoms with Crippen molar-refractivity contribution in [1.29, 1.82) is 0 Å². The third-order valence-electron chi connectivity index (χ3n) is 3.29. The first kappa shape index (κ1) is 14.0. The standard InChI is InChI=1S/C12H19NO3S2/c1-12(2)4-3-5-13(9-12)18(15,16)11-6-10(7-14)17-8-11/h6,8,14H,3-5,7,9H2,1-2H3. The average molecular weight is 289 g/mol. The molecule has 1 N–H and O–H groups in total. The molecule has 0 radical (unpaired) electrons. The zero-order valence-corrected chi connectivity index (χ0v) is 12.4. The predicted octanol–water partition coefficient (Wildman–Crippen LogP) is 2.05. The molecule has 1 saturated heterocycles. The molecule has 0 aromatic carbocycles. The van der Waals surface area contributed by atoms with E-state index in [1.54, 1.807) is 15.8 Å². The Hall–Kier alpha value is -0.430. The van der Waals surface area contributed by atoms with E-state index in [2.05, 4.69) is 13.8 Å². The smallest absolute Gasteiger partial charge is 0.243 e. The highest BCUT2D eigenvalue weighted by Gasteiger charge is 2.34. The molecule has 4 nitrogen and oxygen atoms in total. The summed E-state index contributed by atoms with van der Waals surface area (Å²) in [6.45, 7) is 5.25. The SMILES string of the molecule is CC1(C)CCCN(S(=O)(=O)c2csc(CO)c2)C1. The summed E-state index contributed by atoms with van der Waals surface area (Å²) in [5.74, 6) is 0. The van der Waals surface area contributed by atoms with Crippen molar-refractivity contribution in [2.75, 3.05) is 13.1 Å². The van der Waals surface area contributed by atoms with Gasteiger partial charge in [0.1, 0.15) is 0 Å².